The van der Waals surface area contributed by atoms with Gasteiger partial charge in [0.2, 0.25) is 0 Å². The van der Waals surface area contributed by atoms with Gasteiger partial charge >= 0.3 is 0 Å². The Morgan fingerprint density at radius 1 is 0.941 bits per heavy atom. The smallest absolute Gasteiger partial charge is 0.0975 e. The molecule has 3 aliphatic carbocycles. The number of rotatable bonds is 2. The topological polar surface area (TPSA) is 9.23 Å². The van der Waals surface area contributed by atoms with Crippen LogP contribution in [0, 0.1) is 11.3 Å². The molecule has 2 spiro atoms. The van der Waals surface area contributed by atoms with Gasteiger partial charge in [0.05, 0.1) is 38.4 Å². The largest absolute Gasteiger partial charge is 0.359 e. The second-order valence-electron chi connectivity index (χ2n) is 13.3. The molecule has 2 heteroatoms. The number of benzene rings is 2. The second kappa shape index (κ2) is 6.86. The molecule has 0 N–H and O–H groups in total. The van der Waals surface area contributed by atoms with Gasteiger partial charge in [-0.1, -0.05) is 61.5 Å². The van der Waals surface area contributed by atoms with Gasteiger partial charge in [-0.2, -0.15) is 0 Å². The molecule has 2 aliphatic heterocycles. The van der Waals surface area contributed by atoms with E-state index < -0.39 is 0 Å². The average Bonchev–Trinajstić information content (AvgIpc) is 3.33. The highest BCUT2D eigenvalue weighted by Gasteiger charge is 2.67. The van der Waals surface area contributed by atoms with Crippen LogP contribution < -0.4 is 0 Å². The Hall–Kier alpha value is -1.90. The highest BCUT2D eigenvalue weighted by Crippen LogP contribution is 2.69. The maximum Gasteiger partial charge on any atom is 0.0975 e. The number of hydrogen-bond acceptors (Lipinski definition) is 1. The molecule has 34 heavy (non-hydrogen) atoms. The Labute approximate surface area is 205 Å². The van der Waals surface area contributed by atoms with Crippen LogP contribution in [-0.2, 0) is 4.74 Å². The van der Waals surface area contributed by atoms with Crippen LogP contribution in [-0.4, -0.2) is 42.9 Å². The van der Waals surface area contributed by atoms with Gasteiger partial charge < -0.3 is 9.22 Å². The van der Waals surface area contributed by atoms with E-state index in [1.807, 2.05) is 0 Å². The van der Waals surface area contributed by atoms with E-state index in [1.165, 1.54) is 62.1 Å². The maximum atomic E-state index is 7.49. The van der Waals surface area contributed by atoms with Crippen LogP contribution in [0.15, 0.2) is 65.8 Å². The van der Waals surface area contributed by atoms with Crippen molar-refractivity contribution in [2.24, 2.45) is 11.3 Å². The van der Waals surface area contributed by atoms with Crippen molar-refractivity contribution in [2.45, 2.75) is 81.5 Å². The van der Waals surface area contributed by atoms with Crippen LogP contribution in [0.25, 0.3) is 10.8 Å². The van der Waals surface area contributed by atoms with Gasteiger partial charge in [0.1, 0.15) is 0 Å². The van der Waals surface area contributed by atoms with Crippen molar-refractivity contribution in [3.63, 3.8) is 0 Å². The summed E-state index contributed by atoms with van der Waals surface area (Å²) in [7, 11) is 7.12. The highest BCUT2D eigenvalue weighted by molar-refractivity contribution is 5.83. The average molecular weight is 455 g/mol. The van der Waals surface area contributed by atoms with Gasteiger partial charge in [0, 0.05) is 12.8 Å². The van der Waals surface area contributed by atoms with E-state index in [1.54, 1.807) is 16.7 Å². The normalized spacial score (nSPS) is 40.9. The third-order valence-electron chi connectivity index (χ3n) is 10.9. The van der Waals surface area contributed by atoms with E-state index in [0.717, 1.165) is 4.48 Å². The minimum atomic E-state index is -0.0468. The van der Waals surface area contributed by atoms with E-state index in [9.17, 15) is 0 Å². The summed E-state index contributed by atoms with van der Waals surface area (Å²) in [6.45, 7) is 2.59. The van der Waals surface area contributed by atoms with E-state index in [4.69, 9.17) is 4.74 Å². The monoisotopic (exact) mass is 454 g/mol. The number of fused-ring (bicyclic) bond motifs is 2. The quantitative estimate of drug-likeness (QED) is 0.438. The molecule has 2 heterocycles. The first-order valence-corrected chi connectivity index (χ1v) is 13.7. The number of quaternary nitrogens is 1. The summed E-state index contributed by atoms with van der Waals surface area (Å²) in [5.41, 5.74) is 4.93. The van der Waals surface area contributed by atoms with E-state index in [-0.39, 0.29) is 16.6 Å². The molecular weight excluding hydrogens is 414 g/mol. The lowest BCUT2D eigenvalue weighted by molar-refractivity contribution is -0.898. The molecule has 1 saturated heterocycles. The van der Waals surface area contributed by atoms with Crippen LogP contribution in [0.3, 0.4) is 0 Å². The highest BCUT2D eigenvalue weighted by atomic mass is 16.5. The summed E-state index contributed by atoms with van der Waals surface area (Å²) in [5, 5.41) is 2.73. The minimum Gasteiger partial charge on any atom is -0.359 e. The summed E-state index contributed by atoms with van der Waals surface area (Å²) >= 11 is 0. The summed E-state index contributed by atoms with van der Waals surface area (Å²) in [6, 6.07) is 16.8. The molecule has 0 amide bonds. The third kappa shape index (κ3) is 2.76. The molecule has 178 valence electrons. The number of allylic oxidation sites excluding steroid dienone is 1. The van der Waals surface area contributed by atoms with Crippen LogP contribution in [0.2, 0.25) is 0 Å². The van der Waals surface area contributed by atoms with Crippen LogP contribution in [0.4, 0.5) is 0 Å². The fraction of sp³-hybridized carbons (Fsp3) is 0.562. The van der Waals surface area contributed by atoms with Crippen LogP contribution in [0.1, 0.15) is 69.8 Å². The molecule has 0 radical (unpaired) electrons. The van der Waals surface area contributed by atoms with Gasteiger partial charge in [-0.25, -0.2) is 0 Å². The number of ether oxygens (including phenoxy) is 1. The predicted molar refractivity (Wildman–Crippen MR) is 140 cm³/mol. The van der Waals surface area contributed by atoms with E-state index >= 15 is 0 Å². The molecule has 2 aromatic carbocycles. The molecule has 2 saturated carbocycles. The van der Waals surface area contributed by atoms with Crippen molar-refractivity contribution in [3.8, 4) is 0 Å². The standard InChI is InChI=1S/C32H40NO/c1-30-16-15-26-20-25-11-12-27(33(2,3)4)21-31(25)17-18-32(26,34-31)29(30)14-13-28(30)24-10-9-22-7-5-6-8-23(22)19-24/h5-10,15,19-20,27-29H,11-14,16-18,21H2,1-4H3/q+1/t27-,28?,29+,30+,31+,32?/m0/s1. The fourth-order valence-corrected chi connectivity index (χ4v) is 9.02. The van der Waals surface area contributed by atoms with Gasteiger partial charge in [-0.3, -0.25) is 0 Å². The zero-order valence-corrected chi connectivity index (χ0v) is 21.4. The zero-order chi connectivity index (χ0) is 23.3. The zero-order valence-electron chi connectivity index (χ0n) is 21.4. The van der Waals surface area contributed by atoms with Crippen LogP contribution >= 0.6 is 0 Å². The lowest BCUT2D eigenvalue weighted by Gasteiger charge is -2.55. The molecule has 3 fully saturated rings. The molecule has 2 bridgehead atoms. The Morgan fingerprint density at radius 2 is 1.76 bits per heavy atom. The van der Waals surface area contributed by atoms with Crippen molar-refractivity contribution >= 4 is 10.8 Å². The molecule has 2 aromatic rings. The first-order chi connectivity index (χ1) is 16.2. The van der Waals surface area contributed by atoms with Crippen LogP contribution in [0.5, 0.6) is 0 Å². The fourth-order valence-electron chi connectivity index (χ4n) is 9.02. The summed E-state index contributed by atoms with van der Waals surface area (Å²) in [4.78, 5) is 0. The molecular formula is C32H40NO+. The first kappa shape index (κ1) is 21.4. The Balaban J connectivity index is 1.27. The molecule has 6 atom stereocenters. The lowest BCUT2D eigenvalue weighted by atomic mass is 9.58. The summed E-state index contributed by atoms with van der Waals surface area (Å²) in [6.07, 6.45) is 15.2. The van der Waals surface area contributed by atoms with Gasteiger partial charge in [0.15, 0.2) is 0 Å². The van der Waals surface area contributed by atoms with Crippen molar-refractivity contribution in [1.82, 2.24) is 0 Å². The third-order valence-corrected chi connectivity index (χ3v) is 10.9. The summed E-state index contributed by atoms with van der Waals surface area (Å²) in [5.74, 6) is 1.24. The molecule has 2 unspecified atom stereocenters. The predicted octanol–water partition coefficient (Wildman–Crippen LogP) is 7.16. The van der Waals surface area contributed by atoms with Gasteiger partial charge in [-0.15, -0.1) is 0 Å². The SMILES string of the molecule is C[C@]12CC=C3C=C4CC[C@H]([N+](C)(C)C)C[C@]45CCC3(O5)[C@@H]1CCC2c1ccc2ccccc2c1. The molecule has 5 aliphatic rings. The van der Waals surface area contributed by atoms with Crippen molar-refractivity contribution in [3.05, 3.63) is 71.3 Å². The number of nitrogens with zero attached hydrogens (tertiary/aromatic N) is 1. The summed E-state index contributed by atoms with van der Waals surface area (Å²) < 4.78 is 8.55. The van der Waals surface area contributed by atoms with Crippen molar-refractivity contribution < 1.29 is 9.22 Å². The Bertz CT molecular complexity index is 1230. The minimum absolute atomic E-state index is 0.00503. The lowest BCUT2D eigenvalue weighted by Crippen LogP contribution is -2.57. The number of hydrogen-bond donors (Lipinski definition) is 0. The van der Waals surface area contributed by atoms with Gasteiger partial charge in [-0.05, 0) is 83.3 Å². The second-order valence-corrected chi connectivity index (χ2v) is 13.3. The van der Waals surface area contributed by atoms with Gasteiger partial charge in [0.25, 0.3) is 0 Å². The molecule has 2 nitrogen and oxygen atoms in total. The Kier molecular flexibility index (Phi) is 4.31. The molecule has 7 rings (SSSR count). The van der Waals surface area contributed by atoms with Crippen molar-refractivity contribution in [2.75, 3.05) is 21.1 Å². The molecule has 0 aromatic heterocycles. The maximum absolute atomic E-state index is 7.49. The van der Waals surface area contributed by atoms with E-state index in [2.05, 4.69) is 82.7 Å². The Morgan fingerprint density at radius 3 is 2.59 bits per heavy atom. The first-order valence-electron chi connectivity index (χ1n) is 13.7. The van der Waals surface area contributed by atoms with Crippen molar-refractivity contribution in [1.29, 1.82) is 0 Å². The van der Waals surface area contributed by atoms with E-state index in [0.29, 0.717) is 17.9 Å².